The lowest BCUT2D eigenvalue weighted by Crippen LogP contribution is -2.26. The Morgan fingerprint density at radius 3 is 2.79 bits per heavy atom. The Labute approximate surface area is 114 Å². The van der Waals surface area contributed by atoms with Crippen molar-refractivity contribution in [1.82, 2.24) is 9.71 Å². The maximum atomic E-state index is 12.1. The lowest BCUT2D eigenvalue weighted by Gasteiger charge is -2.08. The van der Waals surface area contributed by atoms with Crippen LogP contribution in [0.25, 0.3) is 10.9 Å². The number of pyridine rings is 1. The molecule has 1 radical (unpaired) electrons. The number of nitrogens with one attached hydrogen (secondary N) is 2. The second-order valence-corrected chi connectivity index (χ2v) is 6.60. The summed E-state index contributed by atoms with van der Waals surface area (Å²) in [5, 5.41) is 0.655. The van der Waals surface area contributed by atoms with E-state index in [0.717, 1.165) is 12.8 Å². The third kappa shape index (κ3) is 2.51. The van der Waals surface area contributed by atoms with Crippen LogP contribution in [0, 0.1) is 6.07 Å². The number of halogens is 1. The standard InChI is InChI=1S/C12H10ClN2O3S/c13-9-6-10-7(1-4-12(16)14-10)5-11(9)19(17,18)15-8-2-3-8/h1,5-6,8,15H,2-3H2,(H,14,16). The molecule has 2 aromatic rings. The van der Waals surface area contributed by atoms with E-state index in [2.05, 4.69) is 15.8 Å². The molecular weight excluding hydrogens is 288 g/mol. The molecule has 0 aliphatic heterocycles. The second-order valence-electron chi connectivity index (χ2n) is 4.51. The largest absolute Gasteiger partial charge is 0.321 e. The molecule has 3 rings (SSSR count). The molecule has 5 nitrogen and oxygen atoms in total. The molecule has 1 aliphatic rings. The van der Waals surface area contributed by atoms with Crippen LogP contribution >= 0.6 is 11.6 Å². The van der Waals surface area contributed by atoms with Crippen molar-refractivity contribution in [2.45, 2.75) is 23.8 Å². The molecule has 2 N–H and O–H groups in total. The van der Waals surface area contributed by atoms with Crippen LogP contribution in [0.4, 0.5) is 0 Å². The summed E-state index contributed by atoms with van der Waals surface area (Å²) in [5.41, 5.74) is 0.106. The topological polar surface area (TPSA) is 79.0 Å². The van der Waals surface area contributed by atoms with Crippen LogP contribution in [-0.2, 0) is 10.0 Å². The average Bonchev–Trinajstić information content (AvgIpc) is 3.10. The Kier molecular flexibility index (Phi) is 2.88. The minimum Gasteiger partial charge on any atom is -0.321 e. The van der Waals surface area contributed by atoms with Gasteiger partial charge in [-0.3, -0.25) is 4.79 Å². The Bertz CT molecular complexity index is 809. The van der Waals surface area contributed by atoms with E-state index in [9.17, 15) is 13.2 Å². The summed E-state index contributed by atoms with van der Waals surface area (Å²) in [6.45, 7) is 0. The number of rotatable bonds is 3. The third-order valence-corrected chi connectivity index (χ3v) is 4.88. The summed E-state index contributed by atoms with van der Waals surface area (Å²) in [7, 11) is -3.62. The summed E-state index contributed by atoms with van der Waals surface area (Å²) in [6.07, 6.45) is 1.71. The van der Waals surface area contributed by atoms with Crippen LogP contribution in [0.3, 0.4) is 0 Å². The minimum absolute atomic E-state index is 0.0129. The van der Waals surface area contributed by atoms with Gasteiger partial charge in [-0.2, -0.15) is 0 Å². The van der Waals surface area contributed by atoms with Gasteiger partial charge in [0.2, 0.25) is 10.0 Å². The number of sulfonamides is 1. The fraction of sp³-hybridized carbons (Fsp3) is 0.250. The predicted molar refractivity (Wildman–Crippen MR) is 71.8 cm³/mol. The zero-order valence-electron chi connectivity index (χ0n) is 9.73. The van der Waals surface area contributed by atoms with E-state index in [-0.39, 0.29) is 21.5 Å². The Balaban J connectivity index is 2.15. The minimum atomic E-state index is -3.62. The summed E-state index contributed by atoms with van der Waals surface area (Å²) in [4.78, 5) is 13.7. The highest BCUT2D eigenvalue weighted by atomic mass is 35.5. The van der Waals surface area contributed by atoms with Gasteiger partial charge in [0.25, 0.3) is 5.56 Å². The summed E-state index contributed by atoms with van der Waals surface area (Å²) in [5.74, 6) is 0. The fourth-order valence-corrected chi connectivity index (χ4v) is 3.66. The van der Waals surface area contributed by atoms with Crippen LogP contribution in [0.2, 0.25) is 5.02 Å². The van der Waals surface area contributed by atoms with Crippen molar-refractivity contribution >= 4 is 32.5 Å². The Morgan fingerprint density at radius 1 is 1.37 bits per heavy atom. The first-order valence-corrected chi connectivity index (χ1v) is 7.58. The molecule has 0 amide bonds. The molecule has 0 unspecified atom stereocenters. The quantitative estimate of drug-likeness (QED) is 0.899. The van der Waals surface area contributed by atoms with E-state index < -0.39 is 10.0 Å². The fourth-order valence-electron chi connectivity index (χ4n) is 1.79. The SMILES string of the molecule is O=c1[c]cc2cc(S(=O)(=O)NC3CC3)c(Cl)cc2[nH]1. The Morgan fingerprint density at radius 2 is 2.11 bits per heavy atom. The molecule has 99 valence electrons. The molecule has 1 saturated carbocycles. The van der Waals surface area contributed by atoms with Gasteiger partial charge in [-0.25, -0.2) is 13.1 Å². The van der Waals surface area contributed by atoms with E-state index in [1.54, 1.807) is 0 Å². The van der Waals surface area contributed by atoms with Crippen LogP contribution < -0.4 is 10.3 Å². The number of H-pyrrole nitrogens is 1. The molecule has 0 spiro atoms. The second kappa shape index (κ2) is 4.33. The first-order chi connectivity index (χ1) is 8.95. The molecule has 1 aromatic heterocycles. The normalized spacial score (nSPS) is 15.8. The van der Waals surface area contributed by atoms with Crippen molar-refractivity contribution in [3.63, 3.8) is 0 Å². The van der Waals surface area contributed by atoms with Gasteiger partial charge >= 0.3 is 0 Å². The zero-order valence-corrected chi connectivity index (χ0v) is 11.3. The summed E-state index contributed by atoms with van der Waals surface area (Å²) in [6, 6.07) is 6.79. The maximum absolute atomic E-state index is 12.1. The van der Waals surface area contributed by atoms with E-state index in [1.807, 2.05) is 0 Å². The van der Waals surface area contributed by atoms with Crippen LogP contribution in [0.15, 0.2) is 27.9 Å². The van der Waals surface area contributed by atoms with Crippen molar-refractivity contribution in [2.75, 3.05) is 0 Å². The van der Waals surface area contributed by atoms with Crippen molar-refractivity contribution in [2.24, 2.45) is 0 Å². The van der Waals surface area contributed by atoms with Crippen molar-refractivity contribution in [3.05, 3.63) is 39.6 Å². The van der Waals surface area contributed by atoms with Gasteiger partial charge in [0, 0.05) is 16.9 Å². The highest BCUT2D eigenvalue weighted by Crippen LogP contribution is 2.28. The van der Waals surface area contributed by atoms with Crippen LogP contribution in [0.1, 0.15) is 12.8 Å². The van der Waals surface area contributed by atoms with Gasteiger partial charge in [0.1, 0.15) is 4.90 Å². The van der Waals surface area contributed by atoms with Gasteiger partial charge in [-0.15, -0.1) is 0 Å². The van der Waals surface area contributed by atoms with Gasteiger partial charge in [0.15, 0.2) is 0 Å². The summed E-state index contributed by atoms with van der Waals surface area (Å²) < 4.78 is 26.8. The Hall–Kier alpha value is -1.37. The molecule has 0 saturated heterocycles. The highest BCUT2D eigenvalue weighted by molar-refractivity contribution is 7.89. The average molecular weight is 298 g/mol. The van der Waals surface area contributed by atoms with Crippen molar-refractivity contribution < 1.29 is 8.42 Å². The van der Waals surface area contributed by atoms with E-state index in [4.69, 9.17) is 11.6 Å². The monoisotopic (exact) mass is 297 g/mol. The smallest absolute Gasteiger partial charge is 0.256 e. The lowest BCUT2D eigenvalue weighted by atomic mass is 10.2. The van der Waals surface area contributed by atoms with Crippen molar-refractivity contribution in [1.29, 1.82) is 0 Å². The highest BCUT2D eigenvalue weighted by Gasteiger charge is 2.29. The number of fused-ring (bicyclic) bond motifs is 1. The molecule has 7 heteroatoms. The van der Waals surface area contributed by atoms with Gasteiger partial charge in [-0.1, -0.05) is 11.6 Å². The molecular formula is C12H10ClN2O3S. The third-order valence-electron chi connectivity index (χ3n) is 2.90. The molecule has 19 heavy (non-hydrogen) atoms. The predicted octanol–water partition coefficient (Wildman–Crippen LogP) is 1.42. The van der Waals surface area contributed by atoms with Crippen LogP contribution in [0.5, 0.6) is 0 Å². The molecule has 0 atom stereocenters. The number of aromatic nitrogens is 1. The molecule has 0 bridgehead atoms. The number of aromatic amines is 1. The first kappa shape index (κ1) is 12.7. The van der Waals surface area contributed by atoms with Crippen molar-refractivity contribution in [3.8, 4) is 0 Å². The van der Waals surface area contributed by atoms with E-state index >= 15 is 0 Å². The number of benzene rings is 1. The number of hydrogen-bond acceptors (Lipinski definition) is 3. The number of hydrogen-bond donors (Lipinski definition) is 2. The summed E-state index contributed by atoms with van der Waals surface area (Å²) >= 11 is 5.99. The van der Waals surface area contributed by atoms with E-state index in [0.29, 0.717) is 10.9 Å². The molecule has 1 aliphatic carbocycles. The van der Waals surface area contributed by atoms with E-state index in [1.165, 1.54) is 18.2 Å². The van der Waals surface area contributed by atoms with Gasteiger partial charge in [-0.05, 0) is 31.0 Å². The molecule has 1 fully saturated rings. The maximum Gasteiger partial charge on any atom is 0.256 e. The molecule has 1 aromatic carbocycles. The zero-order chi connectivity index (χ0) is 13.6. The van der Waals surface area contributed by atoms with Crippen LogP contribution in [-0.4, -0.2) is 19.4 Å². The lowest BCUT2D eigenvalue weighted by molar-refractivity contribution is 0.581. The first-order valence-electron chi connectivity index (χ1n) is 5.72. The van der Waals surface area contributed by atoms with Gasteiger partial charge < -0.3 is 4.98 Å². The van der Waals surface area contributed by atoms with Gasteiger partial charge in [0.05, 0.1) is 11.1 Å². The molecule has 1 heterocycles.